The van der Waals surface area contributed by atoms with E-state index in [4.69, 9.17) is 34.8 Å². The number of rotatable bonds is 2. The lowest BCUT2D eigenvalue weighted by Crippen LogP contribution is -2.00. The lowest BCUT2D eigenvalue weighted by molar-refractivity contribution is 0.102. The minimum absolute atomic E-state index is 0.0751. The van der Waals surface area contributed by atoms with E-state index < -0.39 is 0 Å². The zero-order chi connectivity index (χ0) is 10.0. The van der Waals surface area contributed by atoms with E-state index in [1.54, 1.807) is 0 Å². The van der Waals surface area contributed by atoms with Crippen LogP contribution in [0, 0.1) is 0 Å². The van der Waals surface area contributed by atoms with Crippen molar-refractivity contribution in [2.45, 2.75) is 0 Å². The SMILES string of the molecule is O=C(CCl)c1cc(Cl)c(Br)c(Cl)c1. The van der Waals surface area contributed by atoms with E-state index in [0.717, 1.165) is 0 Å². The highest BCUT2D eigenvalue weighted by Gasteiger charge is 2.10. The number of benzene rings is 1. The Morgan fingerprint density at radius 3 is 2.15 bits per heavy atom. The fraction of sp³-hybridized carbons (Fsp3) is 0.125. The third-order valence-electron chi connectivity index (χ3n) is 1.43. The predicted molar refractivity (Wildman–Crippen MR) is 59.2 cm³/mol. The van der Waals surface area contributed by atoms with Crippen LogP contribution < -0.4 is 0 Å². The molecule has 13 heavy (non-hydrogen) atoms. The van der Waals surface area contributed by atoms with E-state index in [1.807, 2.05) is 0 Å². The van der Waals surface area contributed by atoms with Crippen LogP contribution in [-0.4, -0.2) is 11.7 Å². The zero-order valence-electron chi connectivity index (χ0n) is 6.28. The fourth-order valence-electron chi connectivity index (χ4n) is 0.794. The van der Waals surface area contributed by atoms with Crippen molar-refractivity contribution in [3.8, 4) is 0 Å². The fourth-order valence-corrected chi connectivity index (χ4v) is 1.66. The van der Waals surface area contributed by atoms with Gasteiger partial charge in [-0.25, -0.2) is 0 Å². The molecule has 0 radical (unpaired) electrons. The molecule has 0 bridgehead atoms. The molecule has 0 atom stereocenters. The van der Waals surface area contributed by atoms with Crippen LogP contribution in [0.1, 0.15) is 10.4 Å². The number of carbonyl (C=O) groups is 1. The highest BCUT2D eigenvalue weighted by Crippen LogP contribution is 2.31. The first kappa shape index (κ1) is 11.3. The second kappa shape index (κ2) is 4.65. The lowest BCUT2D eigenvalue weighted by atomic mass is 10.1. The van der Waals surface area contributed by atoms with Gasteiger partial charge in [-0.3, -0.25) is 4.79 Å². The average molecular weight is 302 g/mol. The van der Waals surface area contributed by atoms with Crippen molar-refractivity contribution in [3.05, 3.63) is 32.2 Å². The summed E-state index contributed by atoms with van der Waals surface area (Å²) in [5, 5.41) is 0.807. The molecule has 0 saturated carbocycles. The average Bonchev–Trinajstić information content (AvgIpc) is 2.12. The second-order valence-electron chi connectivity index (χ2n) is 2.31. The van der Waals surface area contributed by atoms with Crippen LogP contribution in [-0.2, 0) is 0 Å². The summed E-state index contributed by atoms with van der Waals surface area (Å²) in [7, 11) is 0. The number of alkyl halides is 1. The Hall–Kier alpha value is 0.240. The minimum Gasteiger partial charge on any atom is -0.293 e. The smallest absolute Gasteiger partial charge is 0.177 e. The summed E-state index contributed by atoms with van der Waals surface area (Å²) in [6.45, 7) is 0. The summed E-state index contributed by atoms with van der Waals surface area (Å²) >= 11 is 20.1. The molecule has 0 aliphatic carbocycles. The molecule has 0 aliphatic heterocycles. The third kappa shape index (κ3) is 2.59. The third-order valence-corrected chi connectivity index (χ3v) is 3.58. The minimum atomic E-state index is -0.196. The van der Waals surface area contributed by atoms with Gasteiger partial charge in [0.2, 0.25) is 0 Å². The number of Topliss-reactive ketones (excluding diaryl/α,β-unsaturated/α-hetero) is 1. The van der Waals surface area contributed by atoms with E-state index in [-0.39, 0.29) is 11.7 Å². The van der Waals surface area contributed by atoms with Crippen molar-refractivity contribution in [2.75, 3.05) is 5.88 Å². The molecule has 0 saturated heterocycles. The molecule has 1 nitrogen and oxygen atoms in total. The number of halogens is 4. The van der Waals surface area contributed by atoms with Crippen molar-refractivity contribution in [1.29, 1.82) is 0 Å². The predicted octanol–water partition coefficient (Wildman–Crippen LogP) is 4.18. The number of ketones is 1. The van der Waals surface area contributed by atoms with E-state index >= 15 is 0 Å². The Bertz CT molecular complexity index is 328. The molecule has 0 fully saturated rings. The molecule has 0 heterocycles. The largest absolute Gasteiger partial charge is 0.293 e. The van der Waals surface area contributed by atoms with Crippen LogP contribution >= 0.6 is 50.7 Å². The number of hydrogen-bond acceptors (Lipinski definition) is 1. The number of carbonyl (C=O) groups excluding carboxylic acids is 1. The van der Waals surface area contributed by atoms with Crippen LogP contribution in [0.5, 0.6) is 0 Å². The summed E-state index contributed by atoms with van der Waals surface area (Å²) in [6, 6.07) is 3.06. The van der Waals surface area contributed by atoms with Gasteiger partial charge in [0.05, 0.1) is 20.4 Å². The molecular weight excluding hydrogens is 298 g/mol. The summed E-state index contributed by atoms with van der Waals surface area (Å²) in [4.78, 5) is 11.2. The summed E-state index contributed by atoms with van der Waals surface area (Å²) in [5.74, 6) is -0.271. The van der Waals surface area contributed by atoms with Crippen LogP contribution in [0.25, 0.3) is 0 Å². The van der Waals surface area contributed by atoms with Crippen LogP contribution in [0.3, 0.4) is 0 Å². The molecule has 0 amide bonds. The van der Waals surface area contributed by atoms with E-state index in [9.17, 15) is 4.79 Å². The van der Waals surface area contributed by atoms with Crippen molar-refractivity contribution >= 4 is 56.5 Å². The first-order valence-corrected chi connectivity index (χ1v) is 5.38. The molecule has 0 N–H and O–H groups in total. The normalized spacial score (nSPS) is 10.2. The first-order valence-electron chi connectivity index (χ1n) is 3.30. The maximum absolute atomic E-state index is 11.2. The standard InChI is InChI=1S/C8H4BrCl3O/c9-8-5(11)1-4(2-6(8)12)7(13)3-10/h1-2H,3H2. The Balaban J connectivity index is 3.20. The Morgan fingerprint density at radius 2 is 1.77 bits per heavy atom. The van der Waals surface area contributed by atoms with Crippen molar-refractivity contribution in [1.82, 2.24) is 0 Å². The highest BCUT2D eigenvalue weighted by atomic mass is 79.9. The van der Waals surface area contributed by atoms with Gasteiger partial charge >= 0.3 is 0 Å². The van der Waals surface area contributed by atoms with E-state index in [2.05, 4.69) is 15.9 Å². The Kier molecular flexibility index (Phi) is 4.05. The maximum Gasteiger partial charge on any atom is 0.177 e. The number of hydrogen-bond donors (Lipinski definition) is 0. The van der Waals surface area contributed by atoms with Gasteiger partial charge in [0.25, 0.3) is 0 Å². The Labute approximate surface area is 99.1 Å². The van der Waals surface area contributed by atoms with Gasteiger partial charge in [-0.1, -0.05) is 23.2 Å². The van der Waals surface area contributed by atoms with Gasteiger partial charge in [0, 0.05) is 5.56 Å². The first-order chi connectivity index (χ1) is 6.06. The van der Waals surface area contributed by atoms with Gasteiger partial charge in [0.15, 0.2) is 5.78 Å². The van der Waals surface area contributed by atoms with Gasteiger partial charge < -0.3 is 0 Å². The van der Waals surface area contributed by atoms with Crippen LogP contribution in [0.2, 0.25) is 10.0 Å². The molecule has 5 heteroatoms. The summed E-state index contributed by atoms with van der Waals surface area (Å²) in [6.07, 6.45) is 0. The van der Waals surface area contributed by atoms with Crippen LogP contribution in [0.4, 0.5) is 0 Å². The lowest BCUT2D eigenvalue weighted by Gasteiger charge is -2.02. The van der Waals surface area contributed by atoms with Crippen LogP contribution in [0.15, 0.2) is 16.6 Å². The van der Waals surface area contributed by atoms with E-state index in [0.29, 0.717) is 20.1 Å². The summed E-state index contributed by atoms with van der Waals surface area (Å²) < 4.78 is 0.585. The summed E-state index contributed by atoms with van der Waals surface area (Å²) in [5.41, 5.74) is 0.424. The molecule has 70 valence electrons. The quantitative estimate of drug-likeness (QED) is 0.455. The molecular formula is C8H4BrCl3O. The van der Waals surface area contributed by atoms with Crippen molar-refractivity contribution < 1.29 is 4.79 Å². The van der Waals surface area contributed by atoms with Gasteiger partial charge in [-0.05, 0) is 28.1 Å². The van der Waals surface area contributed by atoms with Gasteiger partial charge in [-0.15, -0.1) is 11.6 Å². The van der Waals surface area contributed by atoms with Gasteiger partial charge in [0.1, 0.15) is 0 Å². The molecule has 0 unspecified atom stereocenters. The molecule has 0 aliphatic rings. The van der Waals surface area contributed by atoms with Gasteiger partial charge in [-0.2, -0.15) is 0 Å². The topological polar surface area (TPSA) is 17.1 Å². The molecule has 1 aromatic carbocycles. The molecule has 1 aromatic rings. The monoisotopic (exact) mass is 300 g/mol. The molecule has 0 spiro atoms. The Morgan fingerprint density at radius 1 is 1.31 bits per heavy atom. The van der Waals surface area contributed by atoms with Crippen molar-refractivity contribution in [2.24, 2.45) is 0 Å². The second-order valence-corrected chi connectivity index (χ2v) is 4.19. The highest BCUT2D eigenvalue weighted by molar-refractivity contribution is 9.10. The maximum atomic E-state index is 11.2. The molecule has 0 aromatic heterocycles. The van der Waals surface area contributed by atoms with E-state index in [1.165, 1.54) is 12.1 Å². The zero-order valence-corrected chi connectivity index (χ0v) is 10.1. The van der Waals surface area contributed by atoms with Crippen molar-refractivity contribution in [3.63, 3.8) is 0 Å². The molecule has 1 rings (SSSR count).